The summed E-state index contributed by atoms with van der Waals surface area (Å²) in [4.78, 5) is 0.0593. The number of sulfonamides is 1. The van der Waals surface area contributed by atoms with Crippen LogP contribution >= 0.6 is 11.6 Å². The molecule has 0 heterocycles. The molecule has 0 aliphatic rings. The molecule has 0 aromatic heterocycles. The third kappa shape index (κ3) is 3.84. The van der Waals surface area contributed by atoms with Crippen molar-refractivity contribution < 1.29 is 8.42 Å². The number of rotatable bonds is 3. The van der Waals surface area contributed by atoms with Gasteiger partial charge in [-0.25, -0.2) is 12.7 Å². The Labute approximate surface area is 120 Å². The number of anilines is 1. The molecule has 0 amide bonds. The van der Waals surface area contributed by atoms with Gasteiger partial charge in [0.25, 0.3) is 0 Å². The average molecular weight is 305 g/mol. The van der Waals surface area contributed by atoms with Crippen LogP contribution in [0.25, 0.3) is 0 Å². The van der Waals surface area contributed by atoms with Gasteiger partial charge >= 0.3 is 0 Å². The van der Waals surface area contributed by atoms with Gasteiger partial charge in [0.2, 0.25) is 10.0 Å². The summed E-state index contributed by atoms with van der Waals surface area (Å²) in [5.74, 6) is 0. The van der Waals surface area contributed by atoms with E-state index in [1.54, 1.807) is 20.0 Å². The SMILES string of the molecule is Cc1cc(Cl)c(S(=O)(=O)N(C)CC(C)(C)C)cc1N. The summed E-state index contributed by atoms with van der Waals surface area (Å²) in [7, 11) is -2.07. The first-order chi connectivity index (χ1) is 8.45. The normalized spacial score (nSPS) is 13.0. The molecule has 0 bridgehead atoms. The van der Waals surface area contributed by atoms with Crippen LogP contribution in [-0.2, 0) is 10.0 Å². The molecule has 0 fully saturated rings. The molecule has 0 saturated carbocycles. The maximum Gasteiger partial charge on any atom is 0.244 e. The molecule has 0 radical (unpaired) electrons. The molecule has 2 N–H and O–H groups in total. The Balaban J connectivity index is 3.25. The van der Waals surface area contributed by atoms with Gasteiger partial charge in [0.05, 0.1) is 5.02 Å². The maximum absolute atomic E-state index is 12.5. The second kappa shape index (κ2) is 5.31. The minimum absolute atomic E-state index is 0.0593. The fraction of sp³-hybridized carbons (Fsp3) is 0.538. The lowest BCUT2D eigenvalue weighted by atomic mass is 9.97. The van der Waals surface area contributed by atoms with Gasteiger partial charge in [-0.05, 0) is 30.0 Å². The van der Waals surface area contributed by atoms with Crippen LogP contribution in [0.5, 0.6) is 0 Å². The molecule has 0 aliphatic carbocycles. The quantitative estimate of drug-likeness (QED) is 0.873. The van der Waals surface area contributed by atoms with Gasteiger partial charge in [0.15, 0.2) is 0 Å². The summed E-state index contributed by atoms with van der Waals surface area (Å²) in [6.45, 7) is 8.12. The lowest BCUT2D eigenvalue weighted by Crippen LogP contribution is -2.34. The Kier molecular flexibility index (Phi) is 4.55. The smallest absolute Gasteiger partial charge is 0.244 e. The molecule has 0 unspecified atom stereocenters. The lowest BCUT2D eigenvalue weighted by molar-refractivity contribution is 0.311. The molecule has 0 atom stereocenters. The van der Waals surface area contributed by atoms with Crippen LogP contribution in [0.4, 0.5) is 5.69 Å². The molecule has 0 aliphatic heterocycles. The van der Waals surface area contributed by atoms with Crippen molar-refractivity contribution in [3.8, 4) is 0 Å². The molecule has 1 aromatic carbocycles. The van der Waals surface area contributed by atoms with E-state index in [9.17, 15) is 8.42 Å². The predicted octanol–water partition coefficient (Wildman–Crippen LogP) is 2.90. The van der Waals surface area contributed by atoms with Crippen LogP contribution in [-0.4, -0.2) is 26.3 Å². The highest BCUT2D eigenvalue weighted by molar-refractivity contribution is 7.89. The van der Waals surface area contributed by atoms with Gasteiger partial charge in [0, 0.05) is 19.3 Å². The van der Waals surface area contributed by atoms with Gasteiger partial charge in [-0.2, -0.15) is 0 Å². The second-order valence-corrected chi connectivity index (χ2v) is 8.38. The Morgan fingerprint density at radius 2 is 1.84 bits per heavy atom. The lowest BCUT2D eigenvalue weighted by Gasteiger charge is -2.26. The first-order valence-electron chi connectivity index (χ1n) is 5.97. The van der Waals surface area contributed by atoms with Gasteiger partial charge < -0.3 is 5.73 Å². The number of hydrogen-bond acceptors (Lipinski definition) is 3. The maximum atomic E-state index is 12.5. The van der Waals surface area contributed by atoms with Crippen molar-refractivity contribution in [2.24, 2.45) is 5.41 Å². The third-order valence-electron chi connectivity index (χ3n) is 2.71. The first-order valence-corrected chi connectivity index (χ1v) is 7.79. The molecule has 0 saturated heterocycles. The van der Waals surface area contributed by atoms with Crippen molar-refractivity contribution in [1.82, 2.24) is 4.31 Å². The van der Waals surface area contributed by atoms with E-state index in [4.69, 9.17) is 17.3 Å². The summed E-state index contributed by atoms with van der Waals surface area (Å²) >= 11 is 6.04. The van der Waals surface area contributed by atoms with E-state index in [0.717, 1.165) is 5.56 Å². The van der Waals surface area contributed by atoms with Crippen molar-refractivity contribution in [2.45, 2.75) is 32.6 Å². The summed E-state index contributed by atoms with van der Waals surface area (Å²) in [6.07, 6.45) is 0. The molecular formula is C13H21ClN2O2S. The van der Waals surface area contributed by atoms with Crippen molar-refractivity contribution in [3.63, 3.8) is 0 Å². The van der Waals surface area contributed by atoms with Crippen LogP contribution in [0.3, 0.4) is 0 Å². The van der Waals surface area contributed by atoms with Crippen LogP contribution < -0.4 is 5.73 Å². The minimum Gasteiger partial charge on any atom is -0.398 e. The van der Waals surface area contributed by atoms with Crippen molar-refractivity contribution >= 4 is 27.3 Å². The number of halogens is 1. The van der Waals surface area contributed by atoms with Gasteiger partial charge in [-0.15, -0.1) is 0 Å². The highest BCUT2D eigenvalue weighted by Crippen LogP contribution is 2.29. The van der Waals surface area contributed by atoms with Crippen molar-refractivity contribution in [3.05, 3.63) is 22.7 Å². The van der Waals surface area contributed by atoms with Gasteiger partial charge in [-0.1, -0.05) is 32.4 Å². The number of nitrogens with zero attached hydrogens (tertiary/aromatic N) is 1. The Morgan fingerprint density at radius 3 is 2.32 bits per heavy atom. The van der Waals surface area contributed by atoms with Crippen molar-refractivity contribution in [2.75, 3.05) is 19.3 Å². The molecular weight excluding hydrogens is 284 g/mol. The van der Waals surface area contributed by atoms with E-state index >= 15 is 0 Å². The van der Waals surface area contributed by atoms with E-state index < -0.39 is 10.0 Å². The third-order valence-corrected chi connectivity index (χ3v) is 4.97. The Bertz CT molecular complexity index is 577. The zero-order valence-electron chi connectivity index (χ0n) is 12.0. The van der Waals surface area contributed by atoms with Crippen LogP contribution in [0, 0.1) is 12.3 Å². The monoisotopic (exact) mass is 304 g/mol. The van der Waals surface area contributed by atoms with E-state index in [1.807, 2.05) is 20.8 Å². The highest BCUT2D eigenvalue weighted by atomic mass is 35.5. The Morgan fingerprint density at radius 1 is 1.32 bits per heavy atom. The molecule has 1 aromatic rings. The van der Waals surface area contributed by atoms with E-state index in [2.05, 4.69) is 0 Å². The average Bonchev–Trinajstić information content (AvgIpc) is 2.20. The summed E-state index contributed by atoms with van der Waals surface area (Å²) < 4.78 is 26.3. The molecule has 0 spiro atoms. The Hall–Kier alpha value is -0.780. The standard InChI is InChI=1S/C13H21ClN2O2S/c1-9-6-10(14)12(7-11(9)15)19(17,18)16(5)8-13(2,3)4/h6-7H,8,15H2,1-5H3. The highest BCUT2D eigenvalue weighted by Gasteiger charge is 2.27. The van der Waals surface area contributed by atoms with Gasteiger partial charge in [0.1, 0.15) is 4.90 Å². The summed E-state index contributed by atoms with van der Waals surface area (Å²) in [6, 6.07) is 3.00. The fourth-order valence-corrected chi connectivity index (χ4v) is 3.77. The fourth-order valence-electron chi connectivity index (χ4n) is 1.79. The number of hydrogen-bond donors (Lipinski definition) is 1. The second-order valence-electron chi connectivity index (χ2n) is 5.96. The molecule has 19 heavy (non-hydrogen) atoms. The molecule has 4 nitrogen and oxygen atoms in total. The largest absolute Gasteiger partial charge is 0.398 e. The zero-order chi connectivity index (χ0) is 15.0. The van der Waals surface area contributed by atoms with Gasteiger partial charge in [-0.3, -0.25) is 0 Å². The van der Waals surface area contributed by atoms with E-state index in [0.29, 0.717) is 12.2 Å². The topological polar surface area (TPSA) is 63.4 Å². The predicted molar refractivity (Wildman–Crippen MR) is 79.9 cm³/mol. The van der Waals surface area contributed by atoms with Crippen LogP contribution in [0.2, 0.25) is 5.02 Å². The van der Waals surface area contributed by atoms with E-state index in [1.165, 1.54) is 10.4 Å². The molecule has 108 valence electrons. The summed E-state index contributed by atoms with van der Waals surface area (Å²) in [5, 5.41) is 0.201. The first kappa shape index (κ1) is 16.3. The number of nitrogens with two attached hydrogens (primary N) is 1. The minimum atomic E-state index is -3.62. The van der Waals surface area contributed by atoms with Crippen LogP contribution in [0.15, 0.2) is 17.0 Å². The number of nitrogen functional groups attached to an aromatic ring is 1. The zero-order valence-corrected chi connectivity index (χ0v) is 13.6. The van der Waals surface area contributed by atoms with Crippen molar-refractivity contribution in [1.29, 1.82) is 0 Å². The molecule has 6 heteroatoms. The molecule has 1 rings (SSSR count). The van der Waals surface area contributed by atoms with Crippen LogP contribution in [0.1, 0.15) is 26.3 Å². The number of aryl methyl sites for hydroxylation is 1. The van der Waals surface area contributed by atoms with E-state index in [-0.39, 0.29) is 15.3 Å². The summed E-state index contributed by atoms with van der Waals surface area (Å²) in [5.41, 5.74) is 6.83. The number of benzene rings is 1.